The molecule has 4 rings (SSSR count). The van der Waals surface area contributed by atoms with Gasteiger partial charge < -0.3 is 10.4 Å². The first-order chi connectivity index (χ1) is 15.4. The van der Waals surface area contributed by atoms with E-state index in [0.717, 1.165) is 26.1 Å². The van der Waals surface area contributed by atoms with Crippen molar-refractivity contribution >= 4 is 45.9 Å². The molecular weight excluding hydrogens is 535 g/mol. The highest BCUT2D eigenvalue weighted by Crippen LogP contribution is 2.33. The van der Waals surface area contributed by atoms with Crippen molar-refractivity contribution in [1.29, 1.82) is 0 Å². The number of aryl methyl sites for hydroxylation is 2. The van der Waals surface area contributed by atoms with Gasteiger partial charge in [-0.2, -0.15) is 0 Å². The number of hydrogen-bond acceptors (Lipinski definition) is 5. The van der Waals surface area contributed by atoms with Crippen LogP contribution in [-0.2, 0) is 4.79 Å². The largest absolute Gasteiger partial charge is 0.507 e. The number of thioether (sulfide) groups is 1. The average molecular weight is 556 g/mol. The van der Waals surface area contributed by atoms with Crippen molar-refractivity contribution in [3.05, 3.63) is 81.4 Å². The molecule has 4 aromatic rings. The number of nitrogens with one attached hydrogen (secondary N) is 1. The van der Waals surface area contributed by atoms with Crippen LogP contribution in [0.2, 0.25) is 0 Å². The van der Waals surface area contributed by atoms with Gasteiger partial charge in [-0.1, -0.05) is 41.6 Å². The summed E-state index contributed by atoms with van der Waals surface area (Å²) in [4.78, 5) is 12.5. The van der Waals surface area contributed by atoms with Crippen LogP contribution in [0.4, 0.5) is 5.69 Å². The number of anilines is 1. The number of benzene rings is 3. The number of para-hydroxylation sites is 1. The molecule has 8 heteroatoms. The van der Waals surface area contributed by atoms with E-state index >= 15 is 0 Å². The monoisotopic (exact) mass is 556 g/mol. The molecule has 2 N–H and O–H groups in total. The molecular formula is C24H21IN4O2S. The first kappa shape index (κ1) is 22.3. The fourth-order valence-electron chi connectivity index (χ4n) is 3.33. The predicted molar refractivity (Wildman–Crippen MR) is 136 cm³/mol. The van der Waals surface area contributed by atoms with Crippen molar-refractivity contribution < 1.29 is 9.90 Å². The summed E-state index contributed by atoms with van der Waals surface area (Å²) in [5, 5.41) is 22.6. The number of carbonyl (C=O) groups is 1. The van der Waals surface area contributed by atoms with Crippen molar-refractivity contribution in [1.82, 2.24) is 14.8 Å². The molecule has 0 saturated heterocycles. The molecule has 0 aliphatic heterocycles. The normalized spacial score (nSPS) is 10.8. The fraction of sp³-hybridized carbons (Fsp3) is 0.125. The minimum Gasteiger partial charge on any atom is -0.507 e. The second-order valence-corrected chi connectivity index (χ2v) is 9.48. The van der Waals surface area contributed by atoms with E-state index in [1.165, 1.54) is 11.8 Å². The molecule has 1 heterocycles. The van der Waals surface area contributed by atoms with E-state index in [4.69, 9.17) is 0 Å². The molecule has 1 amide bonds. The Bertz CT molecular complexity index is 1270. The Morgan fingerprint density at radius 2 is 1.81 bits per heavy atom. The maximum absolute atomic E-state index is 12.5. The van der Waals surface area contributed by atoms with Crippen LogP contribution in [0.1, 0.15) is 11.1 Å². The molecule has 0 fully saturated rings. The van der Waals surface area contributed by atoms with E-state index in [1.807, 2.05) is 60.9 Å². The molecule has 0 atom stereocenters. The molecule has 0 aliphatic rings. The molecule has 1 aromatic heterocycles. The topological polar surface area (TPSA) is 80.0 Å². The van der Waals surface area contributed by atoms with E-state index in [2.05, 4.69) is 44.2 Å². The van der Waals surface area contributed by atoms with Crippen molar-refractivity contribution in [2.24, 2.45) is 0 Å². The van der Waals surface area contributed by atoms with Crippen LogP contribution >= 0.6 is 34.4 Å². The van der Waals surface area contributed by atoms with Crippen LogP contribution in [-0.4, -0.2) is 31.5 Å². The Morgan fingerprint density at radius 1 is 1.06 bits per heavy atom. The van der Waals surface area contributed by atoms with Crippen LogP contribution in [0.25, 0.3) is 17.1 Å². The number of amides is 1. The summed E-state index contributed by atoms with van der Waals surface area (Å²) in [7, 11) is 0. The lowest BCUT2D eigenvalue weighted by Gasteiger charge is -2.14. The number of aromatic nitrogens is 3. The zero-order valence-corrected chi connectivity index (χ0v) is 20.5. The Morgan fingerprint density at radius 3 is 2.53 bits per heavy atom. The molecule has 0 spiro atoms. The van der Waals surface area contributed by atoms with E-state index in [-0.39, 0.29) is 17.4 Å². The van der Waals surface area contributed by atoms with Gasteiger partial charge in [0.2, 0.25) is 5.91 Å². The molecule has 0 radical (unpaired) electrons. The number of rotatable bonds is 6. The lowest BCUT2D eigenvalue weighted by Crippen LogP contribution is -2.14. The molecule has 0 bridgehead atoms. The predicted octanol–water partition coefficient (Wildman–Crippen LogP) is 5.59. The second kappa shape index (κ2) is 9.74. The highest BCUT2D eigenvalue weighted by atomic mass is 127. The molecule has 32 heavy (non-hydrogen) atoms. The molecule has 3 aromatic carbocycles. The number of hydrogen-bond donors (Lipinski definition) is 2. The lowest BCUT2D eigenvalue weighted by atomic mass is 10.1. The number of phenolic OH excluding ortho intramolecular Hbond substituents is 1. The Balaban J connectivity index is 1.65. The smallest absolute Gasteiger partial charge is 0.234 e. The highest BCUT2D eigenvalue weighted by Gasteiger charge is 2.20. The summed E-state index contributed by atoms with van der Waals surface area (Å²) in [5.41, 5.74) is 4.43. The highest BCUT2D eigenvalue weighted by molar-refractivity contribution is 14.1. The second-order valence-electron chi connectivity index (χ2n) is 7.29. The van der Waals surface area contributed by atoms with Crippen molar-refractivity contribution in [2.75, 3.05) is 11.1 Å². The van der Waals surface area contributed by atoms with E-state index in [1.54, 1.807) is 18.2 Å². The van der Waals surface area contributed by atoms with Gasteiger partial charge in [0.05, 0.1) is 17.0 Å². The molecule has 0 unspecified atom stereocenters. The Labute approximate surface area is 204 Å². The number of carbonyl (C=O) groups excluding carboxylic acids is 1. The fourth-order valence-corrected chi connectivity index (χ4v) is 4.44. The Hall–Kier alpha value is -2.85. The third-order valence-corrected chi connectivity index (χ3v) is 6.48. The standard InChI is InChI=1S/C24H21IN4O2S/c1-15-7-12-20(16(2)13-15)29-23(19-5-3-4-6-21(19)30)27-28-24(29)32-14-22(31)26-18-10-8-17(25)9-11-18/h3-13,30H,14H2,1-2H3,(H,26,31). The number of halogens is 1. The number of phenols is 1. The van der Waals surface area contributed by atoms with E-state index in [9.17, 15) is 9.90 Å². The van der Waals surface area contributed by atoms with Gasteiger partial charge >= 0.3 is 0 Å². The summed E-state index contributed by atoms with van der Waals surface area (Å²) in [6.45, 7) is 4.06. The molecule has 6 nitrogen and oxygen atoms in total. The van der Waals surface area contributed by atoms with Crippen LogP contribution in [0.3, 0.4) is 0 Å². The number of nitrogens with zero attached hydrogens (tertiary/aromatic N) is 3. The average Bonchev–Trinajstić information content (AvgIpc) is 3.18. The van der Waals surface area contributed by atoms with E-state index < -0.39 is 0 Å². The van der Waals surface area contributed by atoms with Crippen molar-refractivity contribution in [3.8, 4) is 22.8 Å². The summed E-state index contributed by atoms with van der Waals surface area (Å²) in [6, 6.07) is 20.8. The van der Waals surface area contributed by atoms with Crippen LogP contribution in [0, 0.1) is 17.4 Å². The minimum absolute atomic E-state index is 0.124. The zero-order valence-electron chi connectivity index (χ0n) is 17.5. The number of aromatic hydroxyl groups is 1. The summed E-state index contributed by atoms with van der Waals surface area (Å²) < 4.78 is 3.00. The molecule has 162 valence electrons. The quantitative estimate of drug-likeness (QED) is 0.239. The zero-order chi connectivity index (χ0) is 22.7. The SMILES string of the molecule is Cc1ccc(-n2c(SCC(=O)Nc3ccc(I)cc3)nnc2-c2ccccc2O)c(C)c1. The summed E-state index contributed by atoms with van der Waals surface area (Å²) in [5.74, 6) is 0.695. The van der Waals surface area contributed by atoms with Gasteiger partial charge in [0, 0.05) is 9.26 Å². The van der Waals surface area contributed by atoms with Gasteiger partial charge in [0.25, 0.3) is 0 Å². The van der Waals surface area contributed by atoms with Gasteiger partial charge in [-0.05, 0) is 84.5 Å². The van der Waals surface area contributed by atoms with Gasteiger partial charge in [-0.25, -0.2) is 0 Å². The van der Waals surface area contributed by atoms with Crippen molar-refractivity contribution in [2.45, 2.75) is 19.0 Å². The van der Waals surface area contributed by atoms with Gasteiger partial charge in [-0.3, -0.25) is 9.36 Å². The first-order valence-electron chi connectivity index (χ1n) is 9.92. The lowest BCUT2D eigenvalue weighted by molar-refractivity contribution is -0.113. The van der Waals surface area contributed by atoms with Gasteiger partial charge in [0.1, 0.15) is 5.75 Å². The van der Waals surface area contributed by atoms with Gasteiger partial charge in [-0.15, -0.1) is 10.2 Å². The summed E-state index contributed by atoms with van der Waals surface area (Å²) >= 11 is 3.53. The van der Waals surface area contributed by atoms with Gasteiger partial charge in [0.15, 0.2) is 11.0 Å². The Kier molecular flexibility index (Phi) is 6.80. The maximum atomic E-state index is 12.5. The van der Waals surface area contributed by atoms with Crippen molar-refractivity contribution in [3.63, 3.8) is 0 Å². The van der Waals surface area contributed by atoms with E-state index in [0.29, 0.717) is 16.5 Å². The first-order valence-corrected chi connectivity index (χ1v) is 12.0. The third kappa shape index (κ3) is 4.97. The van der Waals surface area contributed by atoms with Crippen LogP contribution in [0.5, 0.6) is 5.75 Å². The summed E-state index contributed by atoms with van der Waals surface area (Å²) in [6.07, 6.45) is 0. The maximum Gasteiger partial charge on any atom is 0.234 e. The molecule has 0 saturated carbocycles. The van der Waals surface area contributed by atoms with Crippen LogP contribution < -0.4 is 5.32 Å². The third-order valence-electron chi connectivity index (χ3n) is 4.83. The minimum atomic E-state index is -0.129. The van der Waals surface area contributed by atoms with Crippen LogP contribution in [0.15, 0.2) is 71.9 Å². The molecule has 0 aliphatic carbocycles.